The molecule has 0 aliphatic heterocycles. The zero-order valence-corrected chi connectivity index (χ0v) is 6.46. The van der Waals surface area contributed by atoms with Crippen LogP contribution in [-0.4, -0.2) is 4.98 Å². The lowest BCUT2D eigenvalue weighted by Gasteiger charge is -1.94. The average Bonchev–Trinajstić information content (AvgIpc) is 2.44. The molecular weight excluding hydrogens is 154 g/mol. The predicted octanol–water partition coefficient (Wildman–Crippen LogP) is 1.50. The first kappa shape index (κ1) is 7.16. The second-order valence-electron chi connectivity index (χ2n) is 2.55. The van der Waals surface area contributed by atoms with Gasteiger partial charge in [0.1, 0.15) is 0 Å². The van der Waals surface area contributed by atoms with E-state index in [4.69, 9.17) is 4.42 Å². The van der Waals surface area contributed by atoms with Crippen molar-refractivity contribution in [3.63, 3.8) is 0 Å². The van der Waals surface area contributed by atoms with Crippen LogP contribution >= 0.6 is 0 Å². The topological polar surface area (TPSA) is 46.0 Å². The molecule has 0 saturated heterocycles. The average molecular weight is 162 g/mol. The Morgan fingerprint density at radius 1 is 1.50 bits per heavy atom. The summed E-state index contributed by atoms with van der Waals surface area (Å²) in [6.07, 6.45) is 0.646. The number of rotatable bonds is 1. The maximum Gasteiger partial charge on any atom is 0.417 e. The standard InChI is InChI=1S/C9H8NO2/c1-2-6-4-3-5-7-8(6)10-9(11)12-7/h3-5H,1-2H2,(H,10,11). The third-order valence-electron chi connectivity index (χ3n) is 1.81. The number of hydrogen-bond donors (Lipinski definition) is 1. The van der Waals surface area contributed by atoms with E-state index in [2.05, 4.69) is 11.9 Å². The van der Waals surface area contributed by atoms with Crippen LogP contribution in [0.4, 0.5) is 0 Å². The van der Waals surface area contributed by atoms with E-state index in [0.717, 1.165) is 11.1 Å². The minimum Gasteiger partial charge on any atom is -0.408 e. The van der Waals surface area contributed by atoms with Gasteiger partial charge in [-0.2, -0.15) is 0 Å². The highest BCUT2D eigenvalue weighted by Crippen LogP contribution is 2.14. The van der Waals surface area contributed by atoms with E-state index >= 15 is 0 Å². The number of aromatic nitrogens is 1. The molecule has 0 aliphatic rings. The quantitative estimate of drug-likeness (QED) is 0.690. The third-order valence-corrected chi connectivity index (χ3v) is 1.81. The van der Waals surface area contributed by atoms with Crippen molar-refractivity contribution >= 4 is 11.1 Å². The van der Waals surface area contributed by atoms with Crippen molar-refractivity contribution in [1.29, 1.82) is 0 Å². The fourth-order valence-corrected chi connectivity index (χ4v) is 1.24. The largest absolute Gasteiger partial charge is 0.417 e. The molecule has 61 valence electrons. The Morgan fingerprint density at radius 2 is 2.33 bits per heavy atom. The van der Waals surface area contributed by atoms with Crippen LogP contribution in [0.1, 0.15) is 5.56 Å². The van der Waals surface area contributed by atoms with Gasteiger partial charge in [-0.1, -0.05) is 12.1 Å². The predicted molar refractivity (Wildman–Crippen MR) is 45.9 cm³/mol. The van der Waals surface area contributed by atoms with Gasteiger partial charge in [0.15, 0.2) is 5.58 Å². The van der Waals surface area contributed by atoms with Crippen LogP contribution in [0.3, 0.4) is 0 Å². The zero-order valence-electron chi connectivity index (χ0n) is 6.46. The van der Waals surface area contributed by atoms with Gasteiger partial charge in [-0.15, -0.1) is 0 Å². The van der Waals surface area contributed by atoms with E-state index in [1.54, 1.807) is 6.07 Å². The fraction of sp³-hybridized carbons (Fsp3) is 0.111. The zero-order chi connectivity index (χ0) is 8.55. The summed E-state index contributed by atoms with van der Waals surface area (Å²) in [5, 5.41) is 0. The van der Waals surface area contributed by atoms with Crippen molar-refractivity contribution in [2.75, 3.05) is 0 Å². The van der Waals surface area contributed by atoms with Crippen LogP contribution in [0.15, 0.2) is 27.4 Å². The molecule has 0 unspecified atom stereocenters. The molecule has 0 amide bonds. The monoisotopic (exact) mass is 162 g/mol. The molecule has 2 rings (SSSR count). The Hall–Kier alpha value is -1.51. The van der Waals surface area contributed by atoms with Gasteiger partial charge in [0.05, 0.1) is 5.52 Å². The van der Waals surface area contributed by atoms with Gasteiger partial charge in [-0.3, -0.25) is 4.98 Å². The lowest BCUT2D eigenvalue weighted by molar-refractivity contribution is 0.555. The van der Waals surface area contributed by atoms with Crippen molar-refractivity contribution in [1.82, 2.24) is 4.98 Å². The van der Waals surface area contributed by atoms with E-state index in [9.17, 15) is 4.79 Å². The van der Waals surface area contributed by atoms with Crippen molar-refractivity contribution in [2.24, 2.45) is 0 Å². The van der Waals surface area contributed by atoms with Crippen LogP contribution < -0.4 is 5.76 Å². The molecule has 12 heavy (non-hydrogen) atoms. The van der Waals surface area contributed by atoms with Crippen LogP contribution in [0.25, 0.3) is 11.1 Å². The summed E-state index contributed by atoms with van der Waals surface area (Å²) in [7, 11) is 0. The van der Waals surface area contributed by atoms with Crippen LogP contribution in [0, 0.1) is 6.92 Å². The lowest BCUT2D eigenvalue weighted by Crippen LogP contribution is -1.94. The van der Waals surface area contributed by atoms with E-state index in [-0.39, 0.29) is 0 Å². The molecule has 1 aromatic carbocycles. The van der Waals surface area contributed by atoms with Gasteiger partial charge < -0.3 is 4.42 Å². The van der Waals surface area contributed by atoms with Gasteiger partial charge in [-0.05, 0) is 25.0 Å². The van der Waals surface area contributed by atoms with Crippen LogP contribution in [-0.2, 0) is 6.42 Å². The summed E-state index contributed by atoms with van der Waals surface area (Å²) in [4.78, 5) is 13.4. The van der Waals surface area contributed by atoms with Gasteiger partial charge in [-0.25, -0.2) is 4.79 Å². The number of benzene rings is 1. The Morgan fingerprint density at radius 3 is 3.08 bits per heavy atom. The summed E-state index contributed by atoms with van der Waals surface area (Å²) in [6, 6.07) is 5.52. The van der Waals surface area contributed by atoms with Crippen molar-refractivity contribution in [2.45, 2.75) is 6.42 Å². The van der Waals surface area contributed by atoms with Crippen LogP contribution in [0.2, 0.25) is 0 Å². The lowest BCUT2D eigenvalue weighted by atomic mass is 10.1. The van der Waals surface area contributed by atoms with Gasteiger partial charge in [0.25, 0.3) is 0 Å². The molecule has 1 radical (unpaired) electrons. The normalized spacial score (nSPS) is 10.8. The van der Waals surface area contributed by atoms with Crippen molar-refractivity contribution in [3.8, 4) is 0 Å². The number of nitrogens with one attached hydrogen (secondary N) is 1. The van der Waals surface area contributed by atoms with Crippen LogP contribution in [0.5, 0.6) is 0 Å². The second kappa shape index (κ2) is 2.52. The molecule has 0 saturated carbocycles. The number of fused-ring (bicyclic) bond motifs is 1. The number of aromatic amines is 1. The molecule has 3 heteroatoms. The van der Waals surface area contributed by atoms with Gasteiger partial charge in [0.2, 0.25) is 0 Å². The van der Waals surface area contributed by atoms with Gasteiger partial charge in [0, 0.05) is 0 Å². The van der Waals surface area contributed by atoms with E-state index < -0.39 is 5.76 Å². The number of para-hydroxylation sites is 1. The number of oxazole rings is 1. The molecule has 0 atom stereocenters. The van der Waals surface area contributed by atoms with E-state index in [0.29, 0.717) is 12.0 Å². The maximum atomic E-state index is 10.8. The summed E-state index contributed by atoms with van der Waals surface area (Å²) in [6.45, 7) is 3.75. The molecule has 0 aliphatic carbocycles. The Labute approximate surface area is 69.0 Å². The third kappa shape index (κ3) is 0.942. The molecule has 2 aromatic rings. The minimum absolute atomic E-state index is 0.411. The second-order valence-corrected chi connectivity index (χ2v) is 2.55. The molecule has 0 spiro atoms. The summed E-state index contributed by atoms with van der Waals surface area (Å²) in [5.74, 6) is -0.411. The Bertz CT molecular complexity index is 453. The molecule has 1 aromatic heterocycles. The smallest absolute Gasteiger partial charge is 0.408 e. The first-order chi connectivity index (χ1) is 5.81. The highest BCUT2D eigenvalue weighted by Gasteiger charge is 2.03. The molecule has 0 bridgehead atoms. The van der Waals surface area contributed by atoms with Crippen molar-refractivity contribution < 1.29 is 4.42 Å². The SMILES string of the molecule is [CH2]Cc1cccc2oc(=O)[nH]c12. The Balaban J connectivity index is 2.87. The van der Waals surface area contributed by atoms with E-state index in [1.807, 2.05) is 12.1 Å². The summed E-state index contributed by atoms with van der Waals surface area (Å²) >= 11 is 0. The molecular formula is C9H8NO2. The highest BCUT2D eigenvalue weighted by atomic mass is 16.4. The first-order valence-electron chi connectivity index (χ1n) is 3.71. The van der Waals surface area contributed by atoms with Gasteiger partial charge >= 0.3 is 5.76 Å². The summed E-state index contributed by atoms with van der Waals surface area (Å²) in [5.41, 5.74) is 2.36. The molecule has 0 fully saturated rings. The van der Waals surface area contributed by atoms with E-state index in [1.165, 1.54) is 0 Å². The van der Waals surface area contributed by atoms with Crippen molar-refractivity contribution in [3.05, 3.63) is 41.2 Å². The highest BCUT2D eigenvalue weighted by molar-refractivity contribution is 5.76. The maximum absolute atomic E-state index is 10.8. The molecule has 3 nitrogen and oxygen atoms in total. The minimum atomic E-state index is -0.411. The summed E-state index contributed by atoms with van der Waals surface area (Å²) < 4.78 is 4.87. The number of H-pyrrole nitrogens is 1. The molecule has 1 heterocycles. The fourth-order valence-electron chi connectivity index (χ4n) is 1.24. The molecule has 1 N–H and O–H groups in total. The number of hydrogen-bond acceptors (Lipinski definition) is 2. The Kier molecular flexibility index (Phi) is 1.50. The first-order valence-corrected chi connectivity index (χ1v) is 3.71.